The molecule has 1 aliphatic rings. The third kappa shape index (κ3) is 4.69. The summed E-state index contributed by atoms with van der Waals surface area (Å²) >= 11 is 5.85. The van der Waals surface area contributed by atoms with Crippen molar-refractivity contribution in [3.05, 3.63) is 47.6 Å². The van der Waals surface area contributed by atoms with Crippen LogP contribution in [-0.2, 0) is 25.0 Å². The first-order chi connectivity index (χ1) is 15.8. The van der Waals surface area contributed by atoms with Gasteiger partial charge >= 0.3 is 0 Å². The van der Waals surface area contributed by atoms with Crippen molar-refractivity contribution in [3.63, 3.8) is 0 Å². The van der Waals surface area contributed by atoms with E-state index < -0.39 is 26.9 Å². The largest absolute Gasteiger partial charge is 0.382 e. The van der Waals surface area contributed by atoms with Crippen molar-refractivity contribution < 1.29 is 17.9 Å². The topological polar surface area (TPSA) is 134 Å². The Hall–Kier alpha value is -2.67. The Bertz CT molecular complexity index is 1200. The Balaban J connectivity index is 1.69. The molecule has 4 rings (SSSR count). The molecule has 176 valence electrons. The zero-order valence-corrected chi connectivity index (χ0v) is 19.9. The van der Waals surface area contributed by atoms with Crippen LogP contribution in [0.1, 0.15) is 31.7 Å². The number of sulfonamides is 1. The lowest BCUT2D eigenvalue weighted by molar-refractivity contribution is 0.0950. The van der Waals surface area contributed by atoms with E-state index in [1.165, 1.54) is 26.4 Å². The van der Waals surface area contributed by atoms with Gasteiger partial charge in [-0.2, -0.15) is 0 Å². The highest BCUT2D eigenvalue weighted by Gasteiger charge is 2.49. The SMILES string of the molecule is COCC1(n2c(NS(=O)(=O)[C@@H](C)[C@H](OC)c3ncc(Cl)cn3)nnc2-c2ccccn2)CC1. The fourth-order valence-corrected chi connectivity index (χ4v) is 4.89. The second-order valence-electron chi connectivity index (χ2n) is 7.82. The molecular formula is C20H24ClN7O4S. The zero-order valence-electron chi connectivity index (χ0n) is 18.3. The van der Waals surface area contributed by atoms with Gasteiger partial charge in [-0.15, -0.1) is 10.2 Å². The Kier molecular flexibility index (Phi) is 6.61. The van der Waals surface area contributed by atoms with Crippen LogP contribution in [0, 0.1) is 0 Å². The molecule has 13 heteroatoms. The van der Waals surface area contributed by atoms with E-state index in [1.807, 2.05) is 6.07 Å². The van der Waals surface area contributed by atoms with Crippen molar-refractivity contribution in [2.45, 2.75) is 36.7 Å². The third-order valence-corrected chi connectivity index (χ3v) is 7.46. The average Bonchev–Trinajstić information content (AvgIpc) is 3.46. The number of halogens is 1. The molecular weight excluding hydrogens is 470 g/mol. The van der Waals surface area contributed by atoms with E-state index in [0.29, 0.717) is 23.1 Å². The van der Waals surface area contributed by atoms with Gasteiger partial charge in [0.15, 0.2) is 11.6 Å². The first kappa shape index (κ1) is 23.5. The minimum atomic E-state index is -3.99. The van der Waals surface area contributed by atoms with E-state index in [-0.39, 0.29) is 11.8 Å². The monoisotopic (exact) mass is 493 g/mol. The lowest BCUT2D eigenvalue weighted by Gasteiger charge is -2.24. The van der Waals surface area contributed by atoms with Crippen molar-refractivity contribution in [1.82, 2.24) is 29.7 Å². The summed E-state index contributed by atoms with van der Waals surface area (Å²) in [5, 5.41) is 7.69. The predicted octanol–water partition coefficient (Wildman–Crippen LogP) is 2.44. The van der Waals surface area contributed by atoms with Crippen molar-refractivity contribution in [1.29, 1.82) is 0 Å². The normalized spacial score (nSPS) is 16.8. The molecule has 1 saturated carbocycles. The second-order valence-corrected chi connectivity index (χ2v) is 10.3. The van der Waals surface area contributed by atoms with Crippen LogP contribution in [0.5, 0.6) is 0 Å². The van der Waals surface area contributed by atoms with E-state index in [4.69, 9.17) is 21.1 Å². The number of ether oxygens (including phenoxy) is 2. The highest BCUT2D eigenvalue weighted by Crippen LogP contribution is 2.47. The molecule has 3 aromatic rings. The summed E-state index contributed by atoms with van der Waals surface area (Å²) < 4.78 is 41.9. The van der Waals surface area contributed by atoms with Crippen molar-refractivity contribution >= 4 is 27.6 Å². The fraction of sp³-hybridized carbons (Fsp3) is 0.450. The van der Waals surface area contributed by atoms with Crippen LogP contribution in [0.4, 0.5) is 5.95 Å². The molecule has 0 bridgehead atoms. The maximum atomic E-state index is 13.3. The quantitative estimate of drug-likeness (QED) is 0.451. The first-order valence-electron chi connectivity index (χ1n) is 10.2. The van der Waals surface area contributed by atoms with Crippen LogP contribution >= 0.6 is 11.6 Å². The molecule has 1 N–H and O–H groups in total. The molecule has 0 radical (unpaired) electrons. The van der Waals surface area contributed by atoms with Crippen LogP contribution in [0.25, 0.3) is 11.5 Å². The minimum Gasteiger partial charge on any atom is -0.382 e. The van der Waals surface area contributed by atoms with Crippen molar-refractivity contribution in [2.75, 3.05) is 25.5 Å². The van der Waals surface area contributed by atoms with Gasteiger partial charge in [0, 0.05) is 32.8 Å². The molecule has 1 aliphatic carbocycles. The van der Waals surface area contributed by atoms with Gasteiger partial charge in [-0.1, -0.05) is 17.7 Å². The zero-order chi connectivity index (χ0) is 23.6. The Morgan fingerprint density at radius 3 is 2.48 bits per heavy atom. The number of pyridine rings is 1. The Morgan fingerprint density at radius 2 is 1.91 bits per heavy atom. The number of rotatable bonds is 10. The van der Waals surface area contributed by atoms with E-state index in [2.05, 4.69) is 29.9 Å². The third-order valence-electron chi connectivity index (χ3n) is 5.57. The number of aromatic nitrogens is 6. The van der Waals surface area contributed by atoms with Gasteiger partial charge in [0.25, 0.3) is 0 Å². The molecule has 0 saturated heterocycles. The van der Waals surface area contributed by atoms with Gasteiger partial charge in [-0.25, -0.2) is 18.4 Å². The molecule has 0 aromatic carbocycles. The summed E-state index contributed by atoms with van der Waals surface area (Å²) in [5.74, 6) is 0.747. The maximum absolute atomic E-state index is 13.3. The van der Waals surface area contributed by atoms with E-state index in [9.17, 15) is 8.42 Å². The van der Waals surface area contributed by atoms with Crippen molar-refractivity contribution in [2.24, 2.45) is 0 Å². The smallest absolute Gasteiger partial charge is 0.240 e. The van der Waals surface area contributed by atoms with Crippen LogP contribution < -0.4 is 4.72 Å². The summed E-state index contributed by atoms with van der Waals surface area (Å²) in [7, 11) is -0.994. The first-order valence-corrected chi connectivity index (χ1v) is 12.1. The van der Waals surface area contributed by atoms with E-state index in [0.717, 1.165) is 12.8 Å². The molecule has 3 aromatic heterocycles. The maximum Gasteiger partial charge on any atom is 0.240 e. The van der Waals surface area contributed by atoms with Crippen molar-refractivity contribution in [3.8, 4) is 11.5 Å². The van der Waals surface area contributed by atoms with E-state index in [1.54, 1.807) is 30.0 Å². The number of hydrogen-bond donors (Lipinski definition) is 1. The Morgan fingerprint density at radius 1 is 1.18 bits per heavy atom. The lowest BCUT2D eigenvalue weighted by atomic mass is 10.2. The van der Waals surface area contributed by atoms with Gasteiger partial charge in [-0.05, 0) is 31.9 Å². The van der Waals surface area contributed by atoms with Crippen LogP contribution in [0.2, 0.25) is 5.02 Å². The number of methoxy groups -OCH3 is 2. The molecule has 2 atom stereocenters. The van der Waals surface area contributed by atoms with Crippen LogP contribution in [0.15, 0.2) is 36.8 Å². The lowest BCUT2D eigenvalue weighted by Crippen LogP contribution is -2.35. The minimum absolute atomic E-state index is 0.0870. The molecule has 1 fully saturated rings. The highest BCUT2D eigenvalue weighted by atomic mass is 35.5. The van der Waals surface area contributed by atoms with Gasteiger partial charge < -0.3 is 9.47 Å². The van der Waals surface area contributed by atoms with Gasteiger partial charge in [0.05, 0.1) is 17.2 Å². The highest BCUT2D eigenvalue weighted by molar-refractivity contribution is 7.93. The molecule has 11 nitrogen and oxygen atoms in total. The summed E-state index contributed by atoms with van der Waals surface area (Å²) in [6.07, 6.45) is 5.08. The van der Waals surface area contributed by atoms with E-state index >= 15 is 0 Å². The molecule has 0 amide bonds. The molecule has 0 aliphatic heterocycles. The standard InChI is InChI=1S/C20H24ClN7O4S/c1-13(16(32-3)17-23-10-14(21)11-24-17)33(29,30)27-19-26-25-18(15-6-4-5-9-22-15)28(19)20(7-8-20)12-31-2/h4-6,9-11,13,16H,7-8,12H2,1-3H3,(H,26,27)/t13-,16-/m0/s1. The molecule has 0 unspecified atom stereocenters. The second kappa shape index (κ2) is 9.29. The predicted molar refractivity (Wildman–Crippen MR) is 121 cm³/mol. The number of nitrogens with one attached hydrogen (secondary N) is 1. The summed E-state index contributed by atoms with van der Waals surface area (Å²) in [6.45, 7) is 1.89. The summed E-state index contributed by atoms with van der Waals surface area (Å²) in [4.78, 5) is 12.6. The summed E-state index contributed by atoms with van der Waals surface area (Å²) in [6, 6.07) is 5.42. The molecule has 33 heavy (non-hydrogen) atoms. The summed E-state index contributed by atoms with van der Waals surface area (Å²) in [5.41, 5.74) is 0.127. The number of nitrogens with zero attached hydrogens (tertiary/aromatic N) is 6. The van der Waals surface area contributed by atoms with Crippen LogP contribution in [0.3, 0.4) is 0 Å². The fourth-order valence-electron chi connectivity index (χ4n) is 3.67. The molecule has 0 spiro atoms. The van der Waals surface area contributed by atoms with Gasteiger partial charge in [0.2, 0.25) is 16.0 Å². The average molecular weight is 494 g/mol. The number of anilines is 1. The molecule has 3 heterocycles. The van der Waals surface area contributed by atoms with Gasteiger partial charge in [-0.3, -0.25) is 14.3 Å². The van der Waals surface area contributed by atoms with Gasteiger partial charge in [0.1, 0.15) is 17.0 Å². The van der Waals surface area contributed by atoms with Crippen LogP contribution in [-0.4, -0.2) is 64.2 Å². The Labute approximate surface area is 196 Å². The number of hydrogen-bond acceptors (Lipinski definition) is 9.